The zero-order chi connectivity index (χ0) is 17.6. The van der Waals surface area contributed by atoms with Crippen LogP contribution in [0.25, 0.3) is 0 Å². The fourth-order valence-corrected chi connectivity index (χ4v) is 2.98. The third kappa shape index (κ3) is 4.43. The van der Waals surface area contributed by atoms with Crippen molar-refractivity contribution in [1.29, 1.82) is 0 Å². The zero-order valence-corrected chi connectivity index (χ0v) is 13.5. The summed E-state index contributed by atoms with van der Waals surface area (Å²) in [5, 5.41) is 2.80. The maximum Gasteiger partial charge on any atom is 0.387 e. The number of rotatable bonds is 5. The maximum absolute atomic E-state index is 12.5. The summed E-state index contributed by atoms with van der Waals surface area (Å²) in [6.07, 6.45) is 4.73. The molecule has 0 spiro atoms. The molecule has 1 aliphatic rings. The second kappa shape index (κ2) is 8.08. The van der Waals surface area contributed by atoms with Crippen LogP contribution in [0.1, 0.15) is 48.9 Å². The average Bonchev–Trinajstić information content (AvgIpc) is 2.80. The highest BCUT2D eigenvalue weighted by Gasteiger charge is 2.41. The van der Waals surface area contributed by atoms with Gasteiger partial charge in [-0.15, -0.1) is 0 Å². The van der Waals surface area contributed by atoms with E-state index in [0.29, 0.717) is 12.8 Å². The molecule has 1 saturated carbocycles. The minimum Gasteiger partial charge on any atom is -0.467 e. The van der Waals surface area contributed by atoms with Gasteiger partial charge in [0.1, 0.15) is 11.3 Å². The Labute approximate surface area is 139 Å². The number of esters is 1. The molecule has 1 aromatic rings. The molecule has 0 aromatic heterocycles. The number of halogens is 2. The van der Waals surface area contributed by atoms with Crippen molar-refractivity contribution >= 4 is 11.9 Å². The number of carbonyl (C=O) groups is 2. The minimum absolute atomic E-state index is 0.0290. The van der Waals surface area contributed by atoms with Crippen LogP contribution in [0.4, 0.5) is 8.78 Å². The van der Waals surface area contributed by atoms with E-state index in [0.717, 1.165) is 25.7 Å². The van der Waals surface area contributed by atoms with Gasteiger partial charge in [-0.25, -0.2) is 4.79 Å². The number of methoxy groups -OCH3 is 1. The summed E-state index contributed by atoms with van der Waals surface area (Å²) >= 11 is 0. The molecule has 1 aliphatic carbocycles. The first-order valence-corrected chi connectivity index (χ1v) is 7.93. The van der Waals surface area contributed by atoms with Gasteiger partial charge < -0.3 is 14.8 Å². The van der Waals surface area contributed by atoms with E-state index in [-0.39, 0.29) is 11.3 Å². The van der Waals surface area contributed by atoms with Crippen LogP contribution in [0.2, 0.25) is 0 Å². The predicted molar refractivity (Wildman–Crippen MR) is 83.0 cm³/mol. The Morgan fingerprint density at radius 1 is 1.08 bits per heavy atom. The molecule has 0 unspecified atom stereocenters. The van der Waals surface area contributed by atoms with Crippen molar-refractivity contribution in [3.63, 3.8) is 0 Å². The highest BCUT2D eigenvalue weighted by Crippen LogP contribution is 2.29. The Hall–Kier alpha value is -2.18. The first kappa shape index (κ1) is 18.2. The van der Waals surface area contributed by atoms with Gasteiger partial charge in [-0.3, -0.25) is 4.79 Å². The van der Waals surface area contributed by atoms with E-state index >= 15 is 0 Å². The van der Waals surface area contributed by atoms with Crippen LogP contribution in [0.5, 0.6) is 5.75 Å². The molecule has 0 radical (unpaired) electrons. The molecule has 1 fully saturated rings. The molecule has 24 heavy (non-hydrogen) atoms. The Morgan fingerprint density at radius 2 is 1.67 bits per heavy atom. The van der Waals surface area contributed by atoms with E-state index in [1.54, 1.807) is 0 Å². The molecule has 0 aliphatic heterocycles. The van der Waals surface area contributed by atoms with Crippen molar-refractivity contribution in [2.24, 2.45) is 0 Å². The van der Waals surface area contributed by atoms with E-state index in [9.17, 15) is 18.4 Å². The molecule has 0 bridgehead atoms. The van der Waals surface area contributed by atoms with Crippen molar-refractivity contribution in [3.8, 4) is 5.75 Å². The Bertz CT molecular complexity index is 566. The van der Waals surface area contributed by atoms with Crippen LogP contribution in [-0.4, -0.2) is 31.1 Å². The summed E-state index contributed by atoms with van der Waals surface area (Å²) in [5.74, 6) is -0.917. The van der Waals surface area contributed by atoms with Gasteiger partial charge in [-0.05, 0) is 37.1 Å². The van der Waals surface area contributed by atoms with Crippen molar-refractivity contribution in [1.82, 2.24) is 5.32 Å². The maximum atomic E-state index is 12.5. The molecule has 132 valence electrons. The molecule has 1 amide bonds. The lowest BCUT2D eigenvalue weighted by Crippen LogP contribution is -2.54. The summed E-state index contributed by atoms with van der Waals surface area (Å²) < 4.78 is 33.4. The van der Waals surface area contributed by atoms with Crippen molar-refractivity contribution < 1.29 is 27.8 Å². The highest BCUT2D eigenvalue weighted by molar-refractivity contribution is 5.98. The third-order valence-electron chi connectivity index (χ3n) is 4.23. The van der Waals surface area contributed by atoms with Gasteiger partial charge in [-0.2, -0.15) is 8.78 Å². The summed E-state index contributed by atoms with van der Waals surface area (Å²) in [6, 6.07) is 5.35. The number of amides is 1. The second-order valence-corrected chi connectivity index (χ2v) is 5.84. The van der Waals surface area contributed by atoms with Crippen LogP contribution in [0, 0.1) is 0 Å². The molecule has 7 heteroatoms. The highest BCUT2D eigenvalue weighted by atomic mass is 19.3. The van der Waals surface area contributed by atoms with Gasteiger partial charge in [0.2, 0.25) is 0 Å². The van der Waals surface area contributed by atoms with Gasteiger partial charge in [0.25, 0.3) is 5.91 Å². The van der Waals surface area contributed by atoms with Crippen molar-refractivity contribution in [3.05, 3.63) is 29.8 Å². The smallest absolute Gasteiger partial charge is 0.387 e. The first-order chi connectivity index (χ1) is 11.5. The predicted octanol–water partition coefficient (Wildman–Crippen LogP) is 3.28. The summed E-state index contributed by atoms with van der Waals surface area (Å²) in [5.41, 5.74) is -0.760. The minimum atomic E-state index is -2.92. The van der Waals surface area contributed by atoms with Gasteiger partial charge in [0.05, 0.1) is 7.11 Å². The number of alkyl halides is 2. The van der Waals surface area contributed by atoms with E-state index in [1.165, 1.54) is 31.4 Å². The number of carbonyl (C=O) groups excluding carboxylic acids is 2. The first-order valence-electron chi connectivity index (χ1n) is 7.93. The lowest BCUT2D eigenvalue weighted by Gasteiger charge is -2.30. The number of hydrogen-bond donors (Lipinski definition) is 1. The fourth-order valence-electron chi connectivity index (χ4n) is 2.98. The van der Waals surface area contributed by atoms with E-state index < -0.39 is 24.0 Å². The fraction of sp³-hybridized carbons (Fsp3) is 0.529. The standard InChI is InChI=1S/C17H21F2NO4/c1-23-15(22)17(10-4-2-3-5-11-17)20-14(21)12-6-8-13(9-7-12)24-16(18)19/h6-9,16H,2-5,10-11H2,1H3,(H,20,21). The van der Waals surface area contributed by atoms with Crippen LogP contribution in [0.15, 0.2) is 24.3 Å². The third-order valence-corrected chi connectivity index (χ3v) is 4.23. The molecule has 0 saturated heterocycles. The van der Waals surface area contributed by atoms with E-state index in [2.05, 4.69) is 10.1 Å². The van der Waals surface area contributed by atoms with Crippen LogP contribution >= 0.6 is 0 Å². The molecular formula is C17H21F2NO4. The summed E-state index contributed by atoms with van der Waals surface area (Å²) in [6.45, 7) is -2.92. The lowest BCUT2D eigenvalue weighted by molar-refractivity contribution is -0.148. The molecule has 5 nitrogen and oxygen atoms in total. The van der Waals surface area contributed by atoms with Crippen molar-refractivity contribution in [2.75, 3.05) is 7.11 Å². The SMILES string of the molecule is COC(=O)C1(NC(=O)c2ccc(OC(F)F)cc2)CCCCCC1. The molecule has 2 rings (SSSR count). The van der Waals surface area contributed by atoms with Crippen LogP contribution in [-0.2, 0) is 9.53 Å². The molecule has 1 N–H and O–H groups in total. The number of ether oxygens (including phenoxy) is 2. The quantitative estimate of drug-likeness (QED) is 0.659. The second-order valence-electron chi connectivity index (χ2n) is 5.84. The van der Waals surface area contributed by atoms with Crippen molar-refractivity contribution in [2.45, 2.75) is 50.7 Å². The lowest BCUT2D eigenvalue weighted by atomic mass is 9.89. The Kier molecular flexibility index (Phi) is 6.11. The largest absolute Gasteiger partial charge is 0.467 e. The molecule has 0 atom stereocenters. The molecule has 1 aromatic carbocycles. The normalized spacial score (nSPS) is 17.0. The van der Waals surface area contributed by atoms with E-state index in [4.69, 9.17) is 4.74 Å². The van der Waals surface area contributed by atoms with Gasteiger partial charge in [-0.1, -0.05) is 25.7 Å². The Morgan fingerprint density at radius 3 is 2.17 bits per heavy atom. The molecular weight excluding hydrogens is 320 g/mol. The molecule has 0 heterocycles. The van der Waals surface area contributed by atoms with Crippen LogP contribution in [0.3, 0.4) is 0 Å². The zero-order valence-electron chi connectivity index (χ0n) is 13.5. The van der Waals surface area contributed by atoms with Gasteiger partial charge in [0.15, 0.2) is 0 Å². The summed E-state index contributed by atoms with van der Waals surface area (Å²) in [7, 11) is 1.30. The monoisotopic (exact) mass is 341 g/mol. The van der Waals surface area contributed by atoms with Gasteiger partial charge >= 0.3 is 12.6 Å². The summed E-state index contributed by atoms with van der Waals surface area (Å²) in [4.78, 5) is 24.7. The topological polar surface area (TPSA) is 64.6 Å². The average molecular weight is 341 g/mol. The van der Waals surface area contributed by atoms with Gasteiger partial charge in [0, 0.05) is 5.56 Å². The number of benzene rings is 1. The number of nitrogens with one attached hydrogen (secondary N) is 1. The van der Waals surface area contributed by atoms with Crippen LogP contribution < -0.4 is 10.1 Å². The Balaban J connectivity index is 2.13. The number of hydrogen-bond acceptors (Lipinski definition) is 4. The van der Waals surface area contributed by atoms with E-state index in [1.807, 2.05) is 0 Å².